The number of amides is 1. The monoisotopic (exact) mass is 327 g/mol. The van der Waals surface area contributed by atoms with Crippen molar-refractivity contribution in [3.63, 3.8) is 0 Å². The summed E-state index contributed by atoms with van der Waals surface area (Å²) < 4.78 is 5.79. The van der Waals surface area contributed by atoms with Crippen molar-refractivity contribution in [2.45, 2.75) is 33.2 Å². The standard InChI is InChI=1S/C19H25N3O2/c1-3-17-14(2)9-18(24-17)19(23)22(13-16-6-8-21-11-16)12-15-5-4-7-20-10-15/h4-5,7,9-10,16,21H,3,6,8,11-13H2,1-2H3/t16-/m0/s1. The Kier molecular flexibility index (Phi) is 5.30. The van der Waals surface area contributed by atoms with Gasteiger partial charge in [-0.25, -0.2) is 0 Å². The quantitative estimate of drug-likeness (QED) is 0.886. The number of pyridine rings is 1. The zero-order valence-electron chi connectivity index (χ0n) is 14.4. The van der Waals surface area contributed by atoms with Gasteiger partial charge in [-0.2, -0.15) is 0 Å². The number of aromatic nitrogens is 1. The molecule has 2 aromatic rings. The molecule has 3 rings (SSSR count). The summed E-state index contributed by atoms with van der Waals surface area (Å²) in [5.41, 5.74) is 2.08. The summed E-state index contributed by atoms with van der Waals surface area (Å²) >= 11 is 0. The fraction of sp³-hybridized carbons (Fsp3) is 0.474. The van der Waals surface area contributed by atoms with Gasteiger partial charge >= 0.3 is 0 Å². The minimum atomic E-state index is -0.0337. The lowest BCUT2D eigenvalue weighted by Gasteiger charge is -2.24. The van der Waals surface area contributed by atoms with Gasteiger partial charge < -0.3 is 14.6 Å². The third-order valence-electron chi connectivity index (χ3n) is 4.58. The summed E-state index contributed by atoms with van der Waals surface area (Å²) in [4.78, 5) is 19.1. The first-order chi connectivity index (χ1) is 11.7. The SMILES string of the molecule is CCc1oc(C(=O)N(Cc2cccnc2)C[C@H]2CCNC2)cc1C. The van der Waals surface area contributed by atoms with E-state index in [2.05, 4.69) is 10.3 Å². The summed E-state index contributed by atoms with van der Waals surface area (Å²) in [6, 6.07) is 5.77. The third-order valence-corrected chi connectivity index (χ3v) is 4.58. The van der Waals surface area contributed by atoms with Gasteiger partial charge in [0.05, 0.1) is 0 Å². The van der Waals surface area contributed by atoms with Crippen molar-refractivity contribution in [1.82, 2.24) is 15.2 Å². The second kappa shape index (κ2) is 7.62. The van der Waals surface area contributed by atoms with Crippen LogP contribution in [0.15, 0.2) is 35.0 Å². The Hall–Kier alpha value is -2.14. The van der Waals surface area contributed by atoms with Gasteiger partial charge in [-0.05, 0) is 55.6 Å². The van der Waals surface area contributed by atoms with Crippen LogP contribution in [0.5, 0.6) is 0 Å². The number of rotatable bonds is 6. The molecule has 0 unspecified atom stereocenters. The molecule has 1 saturated heterocycles. The summed E-state index contributed by atoms with van der Waals surface area (Å²) in [5, 5.41) is 3.37. The fourth-order valence-electron chi connectivity index (χ4n) is 3.25. The zero-order valence-corrected chi connectivity index (χ0v) is 14.4. The molecule has 0 aromatic carbocycles. The number of nitrogens with one attached hydrogen (secondary N) is 1. The van der Waals surface area contributed by atoms with E-state index in [9.17, 15) is 4.79 Å². The molecule has 128 valence electrons. The average Bonchev–Trinajstić information content (AvgIpc) is 3.24. The lowest BCUT2D eigenvalue weighted by Crippen LogP contribution is -2.35. The lowest BCUT2D eigenvalue weighted by atomic mass is 10.1. The second-order valence-corrected chi connectivity index (χ2v) is 6.48. The molecule has 1 atom stereocenters. The maximum Gasteiger partial charge on any atom is 0.289 e. The Morgan fingerprint density at radius 1 is 1.50 bits per heavy atom. The number of hydrogen-bond donors (Lipinski definition) is 1. The van der Waals surface area contributed by atoms with Crippen LogP contribution in [0.25, 0.3) is 0 Å². The Balaban J connectivity index is 1.80. The number of nitrogens with zero attached hydrogens (tertiary/aromatic N) is 2. The highest BCUT2D eigenvalue weighted by Gasteiger charge is 2.25. The van der Waals surface area contributed by atoms with E-state index in [-0.39, 0.29) is 5.91 Å². The highest BCUT2D eigenvalue weighted by Crippen LogP contribution is 2.20. The van der Waals surface area contributed by atoms with Gasteiger partial charge in [-0.3, -0.25) is 9.78 Å². The largest absolute Gasteiger partial charge is 0.456 e. The maximum absolute atomic E-state index is 13.0. The molecule has 5 heteroatoms. The number of carbonyl (C=O) groups excluding carboxylic acids is 1. The van der Waals surface area contributed by atoms with E-state index in [1.54, 1.807) is 6.20 Å². The van der Waals surface area contributed by atoms with Crippen molar-refractivity contribution in [1.29, 1.82) is 0 Å². The maximum atomic E-state index is 13.0. The van der Waals surface area contributed by atoms with Crippen LogP contribution in [0, 0.1) is 12.8 Å². The molecular formula is C19H25N3O2. The summed E-state index contributed by atoms with van der Waals surface area (Å²) in [7, 11) is 0. The van der Waals surface area contributed by atoms with Crippen molar-refractivity contribution in [3.05, 3.63) is 53.2 Å². The molecule has 0 aliphatic carbocycles. The molecule has 24 heavy (non-hydrogen) atoms. The zero-order chi connectivity index (χ0) is 16.9. The van der Waals surface area contributed by atoms with E-state index >= 15 is 0 Å². The van der Waals surface area contributed by atoms with E-state index < -0.39 is 0 Å². The molecule has 1 aliphatic rings. The van der Waals surface area contributed by atoms with E-state index in [0.29, 0.717) is 18.2 Å². The molecule has 1 amide bonds. The van der Waals surface area contributed by atoms with Gasteiger partial charge in [0.25, 0.3) is 5.91 Å². The predicted molar refractivity (Wildman–Crippen MR) is 92.8 cm³/mol. The Bertz CT molecular complexity index is 675. The van der Waals surface area contributed by atoms with E-state index in [1.165, 1.54) is 0 Å². The molecule has 0 saturated carbocycles. The molecule has 1 N–H and O–H groups in total. The van der Waals surface area contributed by atoms with Crippen LogP contribution in [0.3, 0.4) is 0 Å². The molecule has 2 aromatic heterocycles. The molecular weight excluding hydrogens is 302 g/mol. The first kappa shape index (κ1) is 16.7. The van der Waals surface area contributed by atoms with Crippen LogP contribution in [-0.4, -0.2) is 35.4 Å². The van der Waals surface area contributed by atoms with Gasteiger partial charge in [0.2, 0.25) is 0 Å². The number of aryl methyl sites for hydroxylation is 2. The summed E-state index contributed by atoms with van der Waals surface area (Å²) in [6.07, 6.45) is 5.47. The van der Waals surface area contributed by atoms with Crippen LogP contribution in [0.1, 0.15) is 40.8 Å². The van der Waals surface area contributed by atoms with Crippen LogP contribution in [0.4, 0.5) is 0 Å². The fourth-order valence-corrected chi connectivity index (χ4v) is 3.25. The van der Waals surface area contributed by atoms with Crippen molar-refractivity contribution in [2.24, 2.45) is 5.92 Å². The van der Waals surface area contributed by atoms with Crippen molar-refractivity contribution >= 4 is 5.91 Å². The molecule has 5 nitrogen and oxygen atoms in total. The molecule has 0 bridgehead atoms. The predicted octanol–water partition coefficient (Wildman–Crippen LogP) is 2.80. The normalized spacial score (nSPS) is 17.2. The van der Waals surface area contributed by atoms with Gasteiger partial charge in [0.15, 0.2) is 5.76 Å². The average molecular weight is 327 g/mol. The molecule has 0 spiro atoms. The first-order valence-electron chi connectivity index (χ1n) is 8.65. The van der Waals surface area contributed by atoms with Crippen LogP contribution >= 0.6 is 0 Å². The lowest BCUT2D eigenvalue weighted by molar-refractivity contribution is 0.0684. The highest BCUT2D eigenvalue weighted by atomic mass is 16.4. The van der Waals surface area contributed by atoms with Gasteiger partial charge in [-0.15, -0.1) is 0 Å². The van der Waals surface area contributed by atoms with Gasteiger partial charge in [0, 0.05) is 31.9 Å². The summed E-state index contributed by atoms with van der Waals surface area (Å²) in [5.74, 6) is 1.79. The Morgan fingerprint density at radius 2 is 2.38 bits per heavy atom. The topological polar surface area (TPSA) is 58.4 Å². The second-order valence-electron chi connectivity index (χ2n) is 6.48. The van der Waals surface area contributed by atoms with Crippen LogP contribution < -0.4 is 5.32 Å². The molecule has 3 heterocycles. The van der Waals surface area contributed by atoms with E-state index in [0.717, 1.165) is 49.4 Å². The van der Waals surface area contributed by atoms with Gasteiger partial charge in [0.1, 0.15) is 5.76 Å². The minimum Gasteiger partial charge on any atom is -0.456 e. The number of carbonyl (C=O) groups is 1. The first-order valence-corrected chi connectivity index (χ1v) is 8.65. The van der Waals surface area contributed by atoms with Crippen molar-refractivity contribution in [3.8, 4) is 0 Å². The van der Waals surface area contributed by atoms with Crippen LogP contribution in [0.2, 0.25) is 0 Å². The Morgan fingerprint density at radius 3 is 3.00 bits per heavy atom. The Labute approximate surface area is 143 Å². The molecule has 0 radical (unpaired) electrons. The van der Waals surface area contributed by atoms with Gasteiger partial charge in [-0.1, -0.05) is 13.0 Å². The number of furan rings is 1. The third kappa shape index (κ3) is 3.85. The summed E-state index contributed by atoms with van der Waals surface area (Å²) in [6.45, 7) is 7.32. The smallest absolute Gasteiger partial charge is 0.289 e. The van der Waals surface area contributed by atoms with E-state index in [1.807, 2.05) is 43.1 Å². The van der Waals surface area contributed by atoms with Crippen molar-refractivity contribution < 1.29 is 9.21 Å². The minimum absolute atomic E-state index is 0.0337. The van der Waals surface area contributed by atoms with Crippen LogP contribution in [-0.2, 0) is 13.0 Å². The van der Waals surface area contributed by atoms with E-state index in [4.69, 9.17) is 4.42 Å². The van der Waals surface area contributed by atoms with Crippen molar-refractivity contribution in [2.75, 3.05) is 19.6 Å². The molecule has 1 fully saturated rings. The molecule has 1 aliphatic heterocycles. The highest BCUT2D eigenvalue weighted by molar-refractivity contribution is 5.91. The number of hydrogen-bond acceptors (Lipinski definition) is 4.